The Hall–Kier alpha value is -3.10. The molecule has 56 heavy (non-hydrogen) atoms. The first-order valence-electron chi connectivity index (χ1n) is 20.1. The van der Waals surface area contributed by atoms with Crippen LogP contribution >= 0.6 is 11.6 Å². The highest BCUT2D eigenvalue weighted by atomic mass is 35.5. The molecule has 10 nitrogen and oxygen atoms in total. The number of hydrogen-bond donors (Lipinski definition) is 2. The van der Waals surface area contributed by atoms with Gasteiger partial charge in [0.15, 0.2) is 6.29 Å². The van der Waals surface area contributed by atoms with Crippen LogP contribution in [-0.2, 0) is 31.4 Å². The molecule has 1 spiro atoms. The third-order valence-electron chi connectivity index (χ3n) is 13.5. The highest BCUT2D eigenvalue weighted by Crippen LogP contribution is 2.48. The SMILES string of the molecule is CO[C@@]1(C=O)/C=C/C[C@H](C)[C@@H](C)S(=O)(=O)NC(=O)c2ccc3c(c2)N(C[C@@H]2CC[C@H]21)C[C@@]1(CCCc2cc(Cl)ccc21)CO3.FC1(F)CCN2CCNCC2C1. The zero-order valence-corrected chi connectivity index (χ0v) is 34.1. The van der Waals surface area contributed by atoms with Crippen LogP contribution in [0.4, 0.5) is 14.5 Å². The molecule has 3 fully saturated rings. The van der Waals surface area contributed by atoms with E-state index in [2.05, 4.69) is 32.0 Å². The number of hydrogen-bond acceptors (Lipinski definition) is 9. The molecule has 2 saturated heterocycles. The van der Waals surface area contributed by atoms with Gasteiger partial charge in [0.05, 0.1) is 17.5 Å². The Morgan fingerprint density at radius 2 is 1.91 bits per heavy atom. The number of fused-ring (bicyclic) bond motifs is 5. The number of alkyl halides is 2. The van der Waals surface area contributed by atoms with E-state index in [0.29, 0.717) is 43.4 Å². The van der Waals surface area contributed by atoms with E-state index in [-0.39, 0.29) is 47.6 Å². The van der Waals surface area contributed by atoms with Gasteiger partial charge >= 0.3 is 0 Å². The summed E-state index contributed by atoms with van der Waals surface area (Å²) in [6.45, 7) is 8.35. The molecule has 0 radical (unpaired) electrons. The third kappa shape index (κ3) is 8.26. The van der Waals surface area contributed by atoms with E-state index in [9.17, 15) is 26.8 Å². The second-order valence-corrected chi connectivity index (χ2v) is 19.4. The van der Waals surface area contributed by atoms with Crippen molar-refractivity contribution in [2.24, 2.45) is 17.8 Å². The molecule has 1 saturated carbocycles. The first-order valence-corrected chi connectivity index (χ1v) is 22.0. The van der Waals surface area contributed by atoms with Crippen molar-refractivity contribution in [2.45, 2.75) is 93.4 Å². The Morgan fingerprint density at radius 1 is 1.09 bits per heavy atom. The summed E-state index contributed by atoms with van der Waals surface area (Å²) in [4.78, 5) is 30.5. The van der Waals surface area contributed by atoms with Crippen molar-refractivity contribution in [3.05, 3.63) is 70.3 Å². The smallest absolute Gasteiger partial charge is 0.264 e. The lowest BCUT2D eigenvalue weighted by atomic mass is 9.64. The average molecular weight is 817 g/mol. The number of anilines is 1. The summed E-state index contributed by atoms with van der Waals surface area (Å²) in [6.07, 6.45) is 9.74. The van der Waals surface area contributed by atoms with Crippen LogP contribution in [0.3, 0.4) is 0 Å². The fourth-order valence-electron chi connectivity index (χ4n) is 9.74. The number of methoxy groups -OCH3 is 1. The van der Waals surface area contributed by atoms with Crippen LogP contribution in [0.15, 0.2) is 48.6 Å². The van der Waals surface area contributed by atoms with Crippen LogP contribution in [0.25, 0.3) is 0 Å². The Labute approximate surface area is 334 Å². The molecule has 6 aliphatic rings. The molecule has 7 atom stereocenters. The first-order chi connectivity index (χ1) is 26.7. The predicted molar refractivity (Wildman–Crippen MR) is 213 cm³/mol. The van der Waals surface area contributed by atoms with Gasteiger partial charge in [0.1, 0.15) is 11.4 Å². The average Bonchev–Trinajstić information content (AvgIpc) is 3.31. The standard InChI is InChI=1S/C34H41ClN2O6S.C8H14F2N2/c1-22-6-4-15-34(20-38,42-3)29-11-8-26(29)18-37-19-33(14-5-7-24-16-27(35)10-12-28(24)33)21-43-31-13-9-25(17-30(31)37)32(39)36-44(40,41)23(22)2;9-8(10)1-3-12-4-2-11-6-7(12)5-8/h4,9-10,12-13,15-17,20,22-23,26,29H,5-8,11,14,18-19,21H2,1-3H3,(H,36,39);7,11H,1-6H2/b15-4+;/t22-,23+,26-,29+,33-,34+;/m0./s1. The fraction of sp³-hybridized carbons (Fsp3) is 0.619. The van der Waals surface area contributed by atoms with Gasteiger partial charge in [-0.05, 0) is 105 Å². The van der Waals surface area contributed by atoms with Crippen molar-refractivity contribution in [3.63, 3.8) is 0 Å². The molecule has 2 bridgehead atoms. The summed E-state index contributed by atoms with van der Waals surface area (Å²) in [5, 5.41) is 3.02. The summed E-state index contributed by atoms with van der Waals surface area (Å²) < 4.78 is 67.2. The molecule has 2 N–H and O–H groups in total. The number of piperidine rings is 1. The number of ether oxygens (including phenoxy) is 2. The molecule has 306 valence electrons. The minimum Gasteiger partial charge on any atom is -0.490 e. The molecule has 1 amide bonds. The second-order valence-electron chi connectivity index (χ2n) is 16.9. The number of carbonyl (C=O) groups is 2. The largest absolute Gasteiger partial charge is 0.490 e. The number of carbonyl (C=O) groups excluding carboxylic acids is 2. The molecule has 4 aliphatic heterocycles. The number of aldehydes is 1. The molecule has 2 aromatic carbocycles. The number of sulfonamides is 1. The lowest BCUT2D eigenvalue weighted by Crippen LogP contribution is -2.56. The Kier molecular flexibility index (Phi) is 11.9. The van der Waals surface area contributed by atoms with Crippen LogP contribution in [0.1, 0.15) is 80.3 Å². The van der Waals surface area contributed by atoms with Crippen molar-refractivity contribution in [2.75, 3.05) is 57.9 Å². The predicted octanol–water partition coefficient (Wildman–Crippen LogP) is 6.16. The minimum absolute atomic E-state index is 0.0417. The van der Waals surface area contributed by atoms with E-state index >= 15 is 0 Å². The third-order valence-corrected chi connectivity index (χ3v) is 15.6. The van der Waals surface area contributed by atoms with Gasteiger partial charge in [-0.3, -0.25) is 14.5 Å². The maximum absolute atomic E-state index is 13.4. The van der Waals surface area contributed by atoms with Gasteiger partial charge < -0.3 is 19.7 Å². The molecule has 4 heterocycles. The maximum atomic E-state index is 13.4. The van der Waals surface area contributed by atoms with Crippen molar-refractivity contribution in [1.29, 1.82) is 0 Å². The van der Waals surface area contributed by atoms with E-state index in [1.807, 2.05) is 25.1 Å². The van der Waals surface area contributed by atoms with Crippen LogP contribution in [0, 0.1) is 17.8 Å². The lowest BCUT2D eigenvalue weighted by Gasteiger charge is -2.48. The van der Waals surface area contributed by atoms with Gasteiger partial charge in [0.2, 0.25) is 10.0 Å². The van der Waals surface area contributed by atoms with Crippen molar-refractivity contribution in [1.82, 2.24) is 14.9 Å². The van der Waals surface area contributed by atoms with Gasteiger partial charge in [-0.2, -0.15) is 0 Å². The Bertz CT molecular complexity index is 1930. The summed E-state index contributed by atoms with van der Waals surface area (Å²) in [7, 11) is -2.41. The molecule has 8 rings (SSSR count). The van der Waals surface area contributed by atoms with E-state index in [1.165, 1.54) is 11.1 Å². The Balaban J connectivity index is 0.000000339. The van der Waals surface area contributed by atoms with Crippen molar-refractivity contribution < 1.29 is 36.3 Å². The van der Waals surface area contributed by atoms with Crippen LogP contribution < -0.4 is 19.7 Å². The number of halogens is 3. The van der Waals surface area contributed by atoms with Crippen LogP contribution in [-0.4, -0.2) is 101 Å². The highest BCUT2D eigenvalue weighted by molar-refractivity contribution is 7.90. The van der Waals surface area contributed by atoms with E-state index in [4.69, 9.17) is 21.1 Å². The minimum atomic E-state index is -3.97. The molecule has 14 heteroatoms. The van der Waals surface area contributed by atoms with Gasteiger partial charge in [-0.15, -0.1) is 0 Å². The number of amides is 1. The van der Waals surface area contributed by atoms with E-state index in [0.717, 1.165) is 63.7 Å². The van der Waals surface area contributed by atoms with Crippen molar-refractivity contribution >= 4 is 39.5 Å². The van der Waals surface area contributed by atoms with E-state index < -0.39 is 32.7 Å². The lowest BCUT2D eigenvalue weighted by molar-refractivity contribution is -0.135. The number of nitrogens with one attached hydrogen (secondary N) is 2. The van der Waals surface area contributed by atoms with Crippen LogP contribution in [0.2, 0.25) is 5.02 Å². The van der Waals surface area contributed by atoms with Gasteiger partial charge in [-0.25, -0.2) is 21.9 Å². The summed E-state index contributed by atoms with van der Waals surface area (Å²) in [5.41, 5.74) is 2.05. The summed E-state index contributed by atoms with van der Waals surface area (Å²) >= 11 is 6.40. The van der Waals surface area contributed by atoms with Gasteiger partial charge in [-0.1, -0.05) is 30.7 Å². The van der Waals surface area contributed by atoms with E-state index in [1.54, 1.807) is 32.2 Å². The zero-order chi connectivity index (χ0) is 39.9. The normalized spacial score (nSPS) is 34.4. The van der Waals surface area contributed by atoms with Crippen molar-refractivity contribution in [3.8, 4) is 5.75 Å². The molecular formula is C42H55ClF2N4O6S. The number of piperazine rings is 1. The number of benzene rings is 2. The fourth-order valence-corrected chi connectivity index (χ4v) is 11.2. The highest BCUT2D eigenvalue weighted by Gasteiger charge is 2.49. The zero-order valence-electron chi connectivity index (χ0n) is 32.6. The number of aryl methyl sites for hydroxylation is 1. The molecule has 1 unspecified atom stereocenters. The van der Waals surface area contributed by atoms with Crippen LogP contribution in [0.5, 0.6) is 5.75 Å². The molecule has 0 aromatic heterocycles. The molecule has 2 aliphatic carbocycles. The Morgan fingerprint density at radius 3 is 2.66 bits per heavy atom. The monoisotopic (exact) mass is 816 g/mol. The second kappa shape index (κ2) is 16.3. The summed E-state index contributed by atoms with van der Waals surface area (Å²) in [6, 6.07) is 11.3. The quantitative estimate of drug-likeness (QED) is 0.272. The van der Waals surface area contributed by atoms with Gasteiger partial charge in [0.25, 0.3) is 11.8 Å². The first kappa shape index (κ1) is 41.1. The maximum Gasteiger partial charge on any atom is 0.264 e. The molecule has 2 aromatic rings. The number of nitrogens with zero attached hydrogens (tertiary/aromatic N) is 2. The van der Waals surface area contributed by atoms with Gasteiger partial charge in [0, 0.05) is 87.2 Å². The number of allylic oxidation sites excluding steroid dienone is 1. The number of rotatable bonds is 2. The summed E-state index contributed by atoms with van der Waals surface area (Å²) in [5.74, 6) is -2.62. The molecular weight excluding hydrogens is 762 g/mol. The topological polar surface area (TPSA) is 117 Å².